The van der Waals surface area contributed by atoms with E-state index < -0.39 is 42.5 Å². The van der Waals surface area contributed by atoms with Crippen molar-refractivity contribution in [1.29, 1.82) is 5.26 Å². The lowest BCUT2D eigenvalue weighted by atomic mass is 9.99. The summed E-state index contributed by atoms with van der Waals surface area (Å²) >= 11 is 0. The van der Waals surface area contributed by atoms with E-state index >= 15 is 0 Å². The molecule has 0 aliphatic heterocycles. The number of aliphatic hydroxyl groups excluding tert-OH is 1. The molecule has 9 nitrogen and oxygen atoms in total. The number of nitrogens with one attached hydrogen (secondary N) is 2. The molecule has 146 valence electrons. The molecule has 9 heteroatoms. The van der Waals surface area contributed by atoms with Crippen LogP contribution in [-0.4, -0.2) is 46.9 Å². The zero-order valence-corrected chi connectivity index (χ0v) is 14.9. The summed E-state index contributed by atoms with van der Waals surface area (Å²) in [5.74, 6) is -2.54. The van der Waals surface area contributed by atoms with Crippen molar-refractivity contribution in [2.24, 2.45) is 5.92 Å². The average Bonchev–Trinajstić information content (AvgIpc) is 2.63. The fourth-order valence-electron chi connectivity index (χ4n) is 2.20. The van der Waals surface area contributed by atoms with Crippen LogP contribution in [0, 0.1) is 17.2 Å². The Morgan fingerprint density at radius 1 is 1.26 bits per heavy atom. The van der Waals surface area contributed by atoms with Gasteiger partial charge in [0.05, 0.1) is 18.6 Å². The third kappa shape index (κ3) is 8.69. The normalized spacial score (nSPS) is 13.5. The van der Waals surface area contributed by atoms with Crippen molar-refractivity contribution >= 4 is 18.0 Å². The minimum Gasteiger partial charge on any atom is -0.480 e. The number of aliphatic carboxylic acids is 1. The molecule has 0 saturated heterocycles. The number of nitriles is 1. The van der Waals surface area contributed by atoms with Crippen molar-refractivity contribution in [3.05, 3.63) is 35.9 Å². The van der Waals surface area contributed by atoms with Crippen LogP contribution in [0.1, 0.15) is 25.3 Å². The van der Waals surface area contributed by atoms with Crippen LogP contribution < -0.4 is 10.6 Å². The Balaban J connectivity index is 2.34. The van der Waals surface area contributed by atoms with Crippen molar-refractivity contribution in [3.63, 3.8) is 0 Å². The van der Waals surface area contributed by atoms with Gasteiger partial charge in [0.15, 0.2) is 0 Å². The molecule has 0 fully saturated rings. The zero-order chi connectivity index (χ0) is 20.2. The van der Waals surface area contributed by atoms with Gasteiger partial charge in [-0.05, 0) is 5.56 Å². The summed E-state index contributed by atoms with van der Waals surface area (Å²) in [7, 11) is 0. The number of carbonyl (C=O) groups excluding carboxylic acids is 2. The van der Waals surface area contributed by atoms with Crippen LogP contribution in [0.15, 0.2) is 30.3 Å². The number of carbonyl (C=O) groups is 3. The summed E-state index contributed by atoms with van der Waals surface area (Å²) in [5, 5.41) is 32.2. The molecular weight excluding hydrogens is 354 g/mol. The molecule has 0 aliphatic carbocycles. The summed E-state index contributed by atoms with van der Waals surface area (Å²) in [6.45, 7) is 1.37. The number of hydrogen-bond donors (Lipinski definition) is 4. The maximum atomic E-state index is 11.9. The number of carboxylic acid groups (broad SMARTS) is 1. The van der Waals surface area contributed by atoms with Gasteiger partial charge in [-0.2, -0.15) is 5.26 Å². The van der Waals surface area contributed by atoms with Gasteiger partial charge in [-0.3, -0.25) is 4.79 Å². The first-order valence-corrected chi connectivity index (χ1v) is 8.35. The molecule has 4 N–H and O–H groups in total. The van der Waals surface area contributed by atoms with E-state index in [1.54, 1.807) is 24.3 Å². The topological polar surface area (TPSA) is 149 Å². The van der Waals surface area contributed by atoms with E-state index in [2.05, 4.69) is 10.6 Å². The van der Waals surface area contributed by atoms with Crippen molar-refractivity contribution in [3.8, 4) is 6.07 Å². The summed E-state index contributed by atoms with van der Waals surface area (Å²) in [6, 6.07) is 9.65. The summed E-state index contributed by atoms with van der Waals surface area (Å²) in [4.78, 5) is 34.6. The summed E-state index contributed by atoms with van der Waals surface area (Å²) in [6.07, 6.45) is -2.39. The van der Waals surface area contributed by atoms with Crippen LogP contribution in [0.5, 0.6) is 0 Å². The average molecular weight is 377 g/mol. The van der Waals surface area contributed by atoms with Gasteiger partial charge in [0.25, 0.3) is 0 Å². The van der Waals surface area contributed by atoms with E-state index in [4.69, 9.17) is 15.1 Å². The number of aliphatic hydroxyl groups is 1. The van der Waals surface area contributed by atoms with Crippen molar-refractivity contribution in [1.82, 2.24) is 10.6 Å². The van der Waals surface area contributed by atoms with Gasteiger partial charge < -0.3 is 25.6 Å². The molecule has 0 heterocycles. The summed E-state index contributed by atoms with van der Waals surface area (Å²) < 4.78 is 4.97. The second-order valence-corrected chi connectivity index (χ2v) is 6.02. The molecule has 27 heavy (non-hydrogen) atoms. The molecule has 0 unspecified atom stereocenters. The van der Waals surface area contributed by atoms with Crippen LogP contribution in [0.3, 0.4) is 0 Å². The fourth-order valence-corrected chi connectivity index (χ4v) is 2.20. The minimum absolute atomic E-state index is 0.0331. The Bertz CT molecular complexity index is 673. The van der Waals surface area contributed by atoms with E-state index in [0.717, 1.165) is 5.56 Å². The largest absolute Gasteiger partial charge is 0.480 e. The Morgan fingerprint density at radius 3 is 2.52 bits per heavy atom. The standard InChI is InChI=1S/C18H23N3O6/c1-12(7-8-19)16(17(24)25)21-15(23)9-14(22)10-20-18(26)27-11-13-5-3-2-4-6-13/h2-6,12,14,16,22H,7,9-11H2,1H3,(H,20,26)(H,21,23)(H,24,25)/t12-,14-,16+/m0/s1. The number of rotatable bonds is 10. The van der Waals surface area contributed by atoms with Gasteiger partial charge in [-0.1, -0.05) is 37.3 Å². The number of nitrogens with zero attached hydrogens (tertiary/aromatic N) is 1. The van der Waals surface area contributed by atoms with Crippen LogP contribution in [0.2, 0.25) is 0 Å². The zero-order valence-electron chi connectivity index (χ0n) is 14.9. The third-order valence-corrected chi connectivity index (χ3v) is 3.68. The maximum absolute atomic E-state index is 11.9. The Labute approximate surface area is 156 Å². The molecule has 0 saturated carbocycles. The van der Waals surface area contributed by atoms with Crippen molar-refractivity contribution in [2.75, 3.05) is 6.54 Å². The number of carboxylic acids is 1. The van der Waals surface area contributed by atoms with E-state index in [9.17, 15) is 19.5 Å². The van der Waals surface area contributed by atoms with E-state index in [0.29, 0.717) is 0 Å². The third-order valence-electron chi connectivity index (χ3n) is 3.68. The minimum atomic E-state index is -1.26. The number of alkyl carbamates (subject to hydrolysis) is 1. The fraction of sp³-hybridized carbons (Fsp3) is 0.444. The van der Waals surface area contributed by atoms with Gasteiger partial charge in [0.2, 0.25) is 5.91 Å². The lowest BCUT2D eigenvalue weighted by molar-refractivity contribution is -0.143. The van der Waals surface area contributed by atoms with E-state index in [-0.39, 0.29) is 19.6 Å². The second-order valence-electron chi connectivity index (χ2n) is 6.02. The maximum Gasteiger partial charge on any atom is 0.407 e. The molecule has 1 aromatic carbocycles. The molecule has 3 atom stereocenters. The van der Waals surface area contributed by atoms with Crippen LogP contribution in [-0.2, 0) is 20.9 Å². The smallest absolute Gasteiger partial charge is 0.407 e. The van der Waals surface area contributed by atoms with E-state index in [1.165, 1.54) is 6.92 Å². The lowest BCUT2D eigenvalue weighted by Crippen LogP contribution is -2.46. The number of amides is 2. The predicted octanol–water partition coefficient (Wildman–Crippen LogP) is 0.783. The van der Waals surface area contributed by atoms with Crippen LogP contribution in [0.25, 0.3) is 0 Å². The first kappa shape index (κ1) is 21.9. The molecule has 0 aromatic heterocycles. The molecule has 0 aliphatic rings. The summed E-state index contributed by atoms with van der Waals surface area (Å²) in [5.41, 5.74) is 0.804. The molecule has 1 aromatic rings. The Morgan fingerprint density at radius 2 is 1.93 bits per heavy atom. The molecule has 2 amide bonds. The predicted molar refractivity (Wildman–Crippen MR) is 94.2 cm³/mol. The molecule has 1 rings (SSSR count). The van der Waals surface area contributed by atoms with Crippen LogP contribution in [0.4, 0.5) is 4.79 Å². The Kier molecular flexibility index (Phi) is 9.33. The van der Waals surface area contributed by atoms with Gasteiger partial charge in [0, 0.05) is 18.9 Å². The molecular formula is C18H23N3O6. The lowest BCUT2D eigenvalue weighted by Gasteiger charge is -2.20. The van der Waals surface area contributed by atoms with E-state index in [1.807, 2.05) is 12.1 Å². The monoisotopic (exact) mass is 377 g/mol. The molecule has 0 spiro atoms. The highest BCUT2D eigenvalue weighted by Crippen LogP contribution is 2.08. The van der Waals surface area contributed by atoms with Crippen LogP contribution >= 0.6 is 0 Å². The van der Waals surface area contributed by atoms with Crippen molar-refractivity contribution < 1.29 is 29.3 Å². The first-order valence-electron chi connectivity index (χ1n) is 8.35. The van der Waals surface area contributed by atoms with Gasteiger partial charge >= 0.3 is 12.1 Å². The van der Waals surface area contributed by atoms with Gasteiger partial charge in [-0.15, -0.1) is 0 Å². The first-order chi connectivity index (χ1) is 12.8. The van der Waals surface area contributed by atoms with Crippen molar-refractivity contribution in [2.45, 2.75) is 38.5 Å². The van der Waals surface area contributed by atoms with Gasteiger partial charge in [0.1, 0.15) is 12.6 Å². The quantitative estimate of drug-likeness (QED) is 0.471. The molecule has 0 bridgehead atoms. The highest BCUT2D eigenvalue weighted by molar-refractivity contribution is 5.84. The highest BCUT2D eigenvalue weighted by atomic mass is 16.5. The number of ether oxygens (including phenoxy) is 1. The second kappa shape index (κ2) is 11.5. The highest BCUT2D eigenvalue weighted by Gasteiger charge is 2.27. The number of hydrogen-bond acceptors (Lipinski definition) is 6. The SMILES string of the molecule is C[C@@H](CC#N)[C@@H](NC(=O)C[C@H](O)CNC(=O)OCc1ccccc1)C(=O)O. The van der Waals surface area contributed by atoms with Gasteiger partial charge in [-0.25, -0.2) is 9.59 Å². The number of benzene rings is 1. The Hall–Kier alpha value is -3.12. The molecule has 0 radical (unpaired) electrons.